The number of amides is 1. The number of benzene rings is 2. The minimum atomic E-state index is 0.0738. The minimum Gasteiger partial charge on any atom is -0.496 e. The zero-order valence-electron chi connectivity index (χ0n) is 15.4. The summed E-state index contributed by atoms with van der Waals surface area (Å²) in [7, 11) is 3.21. The molecule has 2 N–H and O–H groups in total. The van der Waals surface area contributed by atoms with Crippen LogP contribution in [0, 0.1) is 5.92 Å². The Morgan fingerprint density at radius 2 is 1.69 bits per heavy atom. The fourth-order valence-corrected chi connectivity index (χ4v) is 3.76. The van der Waals surface area contributed by atoms with E-state index in [0.717, 1.165) is 5.56 Å². The predicted molar refractivity (Wildman–Crippen MR) is 102 cm³/mol. The van der Waals surface area contributed by atoms with Crippen molar-refractivity contribution in [2.24, 2.45) is 11.7 Å². The Kier molecular flexibility index (Phi) is 5.78. The molecule has 0 spiro atoms. The third-order valence-electron chi connectivity index (χ3n) is 5.18. The van der Waals surface area contributed by atoms with Crippen molar-refractivity contribution in [1.29, 1.82) is 0 Å². The van der Waals surface area contributed by atoms with Gasteiger partial charge in [0, 0.05) is 24.6 Å². The number of carbonyl (C=O) groups is 1. The molecular formula is C21H26N2O3. The van der Waals surface area contributed by atoms with E-state index in [1.165, 1.54) is 5.56 Å². The van der Waals surface area contributed by atoms with Gasteiger partial charge in [0.25, 0.3) is 0 Å². The summed E-state index contributed by atoms with van der Waals surface area (Å²) in [5.41, 5.74) is 8.02. The van der Waals surface area contributed by atoms with Crippen molar-refractivity contribution >= 4 is 5.91 Å². The summed E-state index contributed by atoms with van der Waals surface area (Å²) in [5, 5.41) is 0. The molecule has 5 heteroatoms. The van der Waals surface area contributed by atoms with E-state index in [4.69, 9.17) is 15.2 Å². The van der Waals surface area contributed by atoms with Crippen LogP contribution in [0.25, 0.3) is 0 Å². The van der Waals surface area contributed by atoms with Crippen LogP contribution in [0.15, 0.2) is 48.5 Å². The largest absolute Gasteiger partial charge is 0.496 e. The van der Waals surface area contributed by atoms with Gasteiger partial charge in [0.2, 0.25) is 5.91 Å². The van der Waals surface area contributed by atoms with Gasteiger partial charge >= 0.3 is 0 Å². The molecule has 1 aliphatic rings. The first-order valence-corrected chi connectivity index (χ1v) is 8.90. The van der Waals surface area contributed by atoms with Crippen LogP contribution in [0.4, 0.5) is 0 Å². The second-order valence-corrected chi connectivity index (χ2v) is 6.63. The topological polar surface area (TPSA) is 64.8 Å². The maximum atomic E-state index is 13.0. The Morgan fingerprint density at radius 1 is 1.04 bits per heavy atom. The van der Waals surface area contributed by atoms with Gasteiger partial charge in [-0.1, -0.05) is 36.4 Å². The average molecular weight is 354 g/mol. The Labute approximate surface area is 154 Å². The molecule has 3 rings (SSSR count). The lowest BCUT2D eigenvalue weighted by molar-refractivity contribution is -0.129. The van der Waals surface area contributed by atoms with Crippen LogP contribution in [0.3, 0.4) is 0 Å². The summed E-state index contributed by atoms with van der Waals surface area (Å²) < 4.78 is 10.8. The molecule has 1 heterocycles. The number of methoxy groups -OCH3 is 2. The Balaban J connectivity index is 1.77. The average Bonchev–Trinajstić information content (AvgIpc) is 3.13. The van der Waals surface area contributed by atoms with Crippen LogP contribution in [0.5, 0.6) is 11.5 Å². The summed E-state index contributed by atoms with van der Waals surface area (Å²) in [6, 6.07) is 15.9. The molecule has 2 aromatic rings. The van der Waals surface area contributed by atoms with Gasteiger partial charge in [-0.2, -0.15) is 0 Å². The first-order valence-electron chi connectivity index (χ1n) is 8.90. The Hall–Kier alpha value is -2.53. The number of rotatable bonds is 6. The maximum Gasteiger partial charge on any atom is 0.227 e. The normalized spacial score (nSPS) is 19.4. The number of carbonyl (C=O) groups excluding carboxylic acids is 1. The highest BCUT2D eigenvalue weighted by molar-refractivity contribution is 5.81. The predicted octanol–water partition coefficient (Wildman–Crippen LogP) is 2.45. The van der Waals surface area contributed by atoms with Crippen molar-refractivity contribution in [2.45, 2.75) is 12.3 Å². The second-order valence-electron chi connectivity index (χ2n) is 6.63. The van der Waals surface area contributed by atoms with Crippen LogP contribution >= 0.6 is 0 Å². The van der Waals surface area contributed by atoms with Crippen molar-refractivity contribution in [3.8, 4) is 11.5 Å². The molecule has 26 heavy (non-hydrogen) atoms. The Morgan fingerprint density at radius 3 is 2.27 bits per heavy atom. The SMILES string of the molecule is COc1cccc(OC)c1CC(=O)N1C[C@@H](CN)[C@H](c2ccccc2)C1. The third kappa shape index (κ3) is 3.68. The maximum absolute atomic E-state index is 13.0. The number of likely N-dealkylation sites (tertiary alicyclic amines) is 1. The highest BCUT2D eigenvalue weighted by atomic mass is 16.5. The number of hydrogen-bond donors (Lipinski definition) is 1. The summed E-state index contributed by atoms with van der Waals surface area (Å²) in [4.78, 5) is 14.9. The van der Waals surface area contributed by atoms with E-state index in [2.05, 4.69) is 12.1 Å². The fourth-order valence-electron chi connectivity index (χ4n) is 3.76. The summed E-state index contributed by atoms with van der Waals surface area (Å²) >= 11 is 0. The fraction of sp³-hybridized carbons (Fsp3) is 0.381. The number of nitrogens with zero attached hydrogens (tertiary/aromatic N) is 1. The third-order valence-corrected chi connectivity index (χ3v) is 5.18. The molecule has 0 unspecified atom stereocenters. The Bertz CT molecular complexity index is 726. The molecule has 138 valence electrons. The zero-order valence-corrected chi connectivity index (χ0v) is 15.4. The highest BCUT2D eigenvalue weighted by Gasteiger charge is 2.35. The molecule has 2 aromatic carbocycles. The molecule has 1 fully saturated rings. The lowest BCUT2D eigenvalue weighted by Crippen LogP contribution is -2.31. The molecule has 1 amide bonds. The molecule has 0 radical (unpaired) electrons. The van der Waals surface area contributed by atoms with E-state index < -0.39 is 0 Å². The quantitative estimate of drug-likeness (QED) is 0.865. The van der Waals surface area contributed by atoms with E-state index in [0.29, 0.717) is 31.1 Å². The molecule has 1 aliphatic heterocycles. The van der Waals surface area contributed by atoms with Gasteiger partial charge < -0.3 is 20.1 Å². The van der Waals surface area contributed by atoms with Crippen molar-refractivity contribution < 1.29 is 14.3 Å². The van der Waals surface area contributed by atoms with E-state index >= 15 is 0 Å². The van der Waals surface area contributed by atoms with Crippen LogP contribution < -0.4 is 15.2 Å². The van der Waals surface area contributed by atoms with Crippen LogP contribution in [-0.2, 0) is 11.2 Å². The van der Waals surface area contributed by atoms with E-state index in [9.17, 15) is 4.79 Å². The number of nitrogens with two attached hydrogens (primary N) is 1. The van der Waals surface area contributed by atoms with Gasteiger partial charge in [0.05, 0.1) is 20.6 Å². The minimum absolute atomic E-state index is 0.0738. The van der Waals surface area contributed by atoms with E-state index in [1.54, 1.807) is 14.2 Å². The van der Waals surface area contributed by atoms with Crippen LogP contribution in [0.2, 0.25) is 0 Å². The van der Waals surface area contributed by atoms with Gasteiger partial charge in [-0.3, -0.25) is 4.79 Å². The molecular weight excluding hydrogens is 328 g/mol. The molecule has 0 aliphatic carbocycles. The molecule has 0 saturated carbocycles. The first kappa shape index (κ1) is 18.3. The number of hydrogen-bond acceptors (Lipinski definition) is 4. The first-order chi connectivity index (χ1) is 12.7. The van der Waals surface area contributed by atoms with E-state index in [-0.39, 0.29) is 24.2 Å². The highest BCUT2D eigenvalue weighted by Crippen LogP contribution is 2.34. The molecule has 5 nitrogen and oxygen atoms in total. The second kappa shape index (κ2) is 8.23. The van der Waals surface area contributed by atoms with Gasteiger partial charge in [0.15, 0.2) is 0 Å². The van der Waals surface area contributed by atoms with Crippen molar-refractivity contribution in [2.75, 3.05) is 33.9 Å². The molecule has 1 saturated heterocycles. The molecule has 0 aromatic heterocycles. The molecule has 2 atom stereocenters. The summed E-state index contributed by atoms with van der Waals surface area (Å²) in [6.07, 6.45) is 0.256. The smallest absolute Gasteiger partial charge is 0.227 e. The van der Waals surface area contributed by atoms with Gasteiger partial charge in [-0.05, 0) is 30.2 Å². The van der Waals surface area contributed by atoms with Crippen molar-refractivity contribution in [1.82, 2.24) is 4.90 Å². The summed E-state index contributed by atoms with van der Waals surface area (Å²) in [5.74, 6) is 1.98. The number of ether oxygens (including phenoxy) is 2. The van der Waals surface area contributed by atoms with Crippen LogP contribution in [0.1, 0.15) is 17.0 Å². The zero-order chi connectivity index (χ0) is 18.5. The monoisotopic (exact) mass is 354 g/mol. The van der Waals surface area contributed by atoms with Crippen molar-refractivity contribution in [3.05, 3.63) is 59.7 Å². The lowest BCUT2D eigenvalue weighted by Gasteiger charge is -2.19. The van der Waals surface area contributed by atoms with Gasteiger partial charge in [0.1, 0.15) is 11.5 Å². The molecule has 0 bridgehead atoms. The van der Waals surface area contributed by atoms with E-state index in [1.807, 2.05) is 41.3 Å². The van der Waals surface area contributed by atoms with Gasteiger partial charge in [-0.25, -0.2) is 0 Å². The van der Waals surface area contributed by atoms with Crippen molar-refractivity contribution in [3.63, 3.8) is 0 Å². The lowest BCUT2D eigenvalue weighted by atomic mass is 9.89. The summed E-state index contributed by atoms with van der Waals surface area (Å²) in [6.45, 7) is 1.95. The van der Waals surface area contributed by atoms with Gasteiger partial charge in [-0.15, -0.1) is 0 Å². The van der Waals surface area contributed by atoms with Crippen LogP contribution in [-0.4, -0.2) is 44.7 Å². The standard InChI is InChI=1S/C21H26N2O3/c1-25-19-9-6-10-20(26-2)17(19)11-21(24)23-13-16(12-22)18(14-23)15-7-4-3-5-8-15/h3-10,16,18H,11-14,22H2,1-2H3/t16-,18+/m1/s1.